The van der Waals surface area contributed by atoms with E-state index >= 15 is 0 Å². The third-order valence-electron chi connectivity index (χ3n) is 4.58. The molecule has 2 aromatic heterocycles. The van der Waals surface area contributed by atoms with Gasteiger partial charge in [-0.25, -0.2) is 9.97 Å². The minimum absolute atomic E-state index is 0.257. The molecule has 0 radical (unpaired) electrons. The van der Waals surface area contributed by atoms with Crippen molar-refractivity contribution in [1.29, 1.82) is 0 Å². The Morgan fingerprint density at radius 1 is 1.38 bits per heavy atom. The highest BCUT2D eigenvalue weighted by atomic mass is 35.5. The van der Waals surface area contributed by atoms with Gasteiger partial charge in [-0.3, -0.25) is 0 Å². The number of nitrogens with zero attached hydrogens (tertiary/aromatic N) is 3. The molecule has 114 valence electrons. The summed E-state index contributed by atoms with van der Waals surface area (Å²) in [7, 11) is 4.31. The molecule has 1 aliphatic rings. The van der Waals surface area contributed by atoms with Gasteiger partial charge in [0.25, 0.3) is 0 Å². The molecule has 0 bridgehead atoms. The molecule has 3 rings (SSSR count). The van der Waals surface area contributed by atoms with Gasteiger partial charge < -0.3 is 10.2 Å². The first-order chi connectivity index (χ1) is 10.0. The van der Waals surface area contributed by atoms with Gasteiger partial charge >= 0.3 is 0 Å². The number of fused-ring (bicyclic) bond motifs is 1. The first-order valence-corrected chi connectivity index (χ1v) is 8.61. The van der Waals surface area contributed by atoms with E-state index in [1.165, 1.54) is 24.1 Å². The summed E-state index contributed by atoms with van der Waals surface area (Å²) >= 11 is 7.77. The predicted molar refractivity (Wildman–Crippen MR) is 90.6 cm³/mol. The van der Waals surface area contributed by atoms with Crippen molar-refractivity contribution in [2.45, 2.75) is 38.1 Å². The molecule has 6 heteroatoms. The number of hydrogen-bond acceptors (Lipinski definition) is 5. The Hall–Kier alpha value is -0.910. The topological polar surface area (TPSA) is 41.0 Å². The Labute approximate surface area is 134 Å². The molecule has 0 spiro atoms. The molecule has 0 aliphatic heterocycles. The standard InChI is InChI=1S/C15H21ClN4S/c1-4-10-8-11-12(18-14(16)19-13(11)21-10)17-9-15(20(2)3)6-5-7-15/h8H,4-7,9H2,1-3H3,(H,17,18,19). The fourth-order valence-corrected chi connectivity index (χ4v) is 4.06. The van der Waals surface area contributed by atoms with Gasteiger partial charge in [0.15, 0.2) is 0 Å². The van der Waals surface area contributed by atoms with Crippen LogP contribution in [0.3, 0.4) is 0 Å². The zero-order valence-corrected chi connectivity index (χ0v) is 14.3. The van der Waals surface area contributed by atoms with Gasteiger partial charge in [0.1, 0.15) is 10.6 Å². The van der Waals surface area contributed by atoms with Gasteiger partial charge in [0.05, 0.1) is 5.39 Å². The van der Waals surface area contributed by atoms with Crippen molar-refractivity contribution in [2.75, 3.05) is 26.0 Å². The third-order valence-corrected chi connectivity index (χ3v) is 5.93. The van der Waals surface area contributed by atoms with Gasteiger partial charge in [-0.1, -0.05) is 6.92 Å². The summed E-state index contributed by atoms with van der Waals surface area (Å²) in [6.07, 6.45) is 4.79. The second-order valence-electron chi connectivity index (χ2n) is 5.95. The molecule has 0 atom stereocenters. The van der Waals surface area contributed by atoms with Crippen LogP contribution in [-0.4, -0.2) is 41.0 Å². The highest BCUT2D eigenvalue weighted by Crippen LogP contribution is 2.37. The lowest BCUT2D eigenvalue weighted by molar-refractivity contribution is 0.0738. The fraction of sp³-hybridized carbons (Fsp3) is 0.600. The van der Waals surface area contributed by atoms with Gasteiger partial charge in [-0.15, -0.1) is 11.3 Å². The van der Waals surface area contributed by atoms with Gasteiger partial charge in [-0.05, 0) is 57.4 Å². The molecule has 1 N–H and O–H groups in total. The van der Waals surface area contributed by atoms with Crippen LogP contribution in [0.2, 0.25) is 5.28 Å². The highest BCUT2D eigenvalue weighted by molar-refractivity contribution is 7.18. The molecule has 1 saturated carbocycles. The Balaban J connectivity index is 1.87. The van der Waals surface area contributed by atoms with E-state index in [0.29, 0.717) is 5.28 Å². The van der Waals surface area contributed by atoms with Crippen molar-refractivity contribution in [1.82, 2.24) is 14.9 Å². The molecular formula is C15H21ClN4S. The summed E-state index contributed by atoms with van der Waals surface area (Å²) in [5, 5.41) is 4.93. The number of anilines is 1. The summed E-state index contributed by atoms with van der Waals surface area (Å²) < 4.78 is 0. The van der Waals surface area contributed by atoms with Crippen LogP contribution < -0.4 is 5.32 Å². The number of nitrogens with one attached hydrogen (secondary N) is 1. The SMILES string of the molecule is CCc1cc2c(NCC3(N(C)C)CCC3)nc(Cl)nc2s1. The maximum absolute atomic E-state index is 6.07. The summed E-state index contributed by atoms with van der Waals surface area (Å²) in [5.74, 6) is 0.870. The Bertz CT molecular complexity index is 648. The molecule has 0 saturated heterocycles. The second-order valence-corrected chi connectivity index (χ2v) is 7.41. The molecule has 0 amide bonds. The second kappa shape index (κ2) is 5.71. The quantitative estimate of drug-likeness (QED) is 0.849. The molecule has 21 heavy (non-hydrogen) atoms. The molecule has 1 aliphatic carbocycles. The molecule has 0 unspecified atom stereocenters. The molecule has 1 fully saturated rings. The van der Waals surface area contributed by atoms with Crippen molar-refractivity contribution >= 4 is 39.0 Å². The number of thiophene rings is 1. The van der Waals surface area contributed by atoms with Crippen LogP contribution in [0.5, 0.6) is 0 Å². The normalized spacial score (nSPS) is 17.2. The maximum Gasteiger partial charge on any atom is 0.225 e. The molecule has 2 aromatic rings. The van der Waals surface area contributed by atoms with Gasteiger partial charge in [0.2, 0.25) is 5.28 Å². The average molecular weight is 325 g/mol. The van der Waals surface area contributed by atoms with Crippen molar-refractivity contribution in [2.24, 2.45) is 0 Å². The number of aryl methyl sites for hydroxylation is 1. The molecule has 4 nitrogen and oxygen atoms in total. The number of halogens is 1. The van der Waals surface area contributed by atoms with Gasteiger partial charge in [0, 0.05) is 17.0 Å². The van der Waals surface area contributed by atoms with E-state index in [1.54, 1.807) is 11.3 Å². The summed E-state index contributed by atoms with van der Waals surface area (Å²) in [6, 6.07) is 2.18. The van der Waals surface area contributed by atoms with Crippen molar-refractivity contribution in [3.63, 3.8) is 0 Å². The number of likely N-dealkylation sites (N-methyl/N-ethyl adjacent to an activating group) is 1. The number of aromatic nitrogens is 2. The van der Waals surface area contributed by atoms with E-state index in [-0.39, 0.29) is 5.54 Å². The number of hydrogen-bond donors (Lipinski definition) is 1. The maximum atomic E-state index is 6.07. The predicted octanol–water partition coefficient (Wildman–Crippen LogP) is 3.80. The Kier molecular flexibility index (Phi) is 4.08. The Morgan fingerprint density at radius 3 is 2.71 bits per heavy atom. The van der Waals surface area contributed by atoms with Crippen molar-refractivity contribution in [3.05, 3.63) is 16.2 Å². The lowest BCUT2D eigenvalue weighted by atomic mass is 9.75. The average Bonchev–Trinajstić information content (AvgIpc) is 2.79. The minimum Gasteiger partial charge on any atom is -0.368 e. The smallest absolute Gasteiger partial charge is 0.225 e. The van der Waals surface area contributed by atoms with Crippen LogP contribution >= 0.6 is 22.9 Å². The van der Waals surface area contributed by atoms with E-state index in [9.17, 15) is 0 Å². The van der Waals surface area contributed by atoms with E-state index in [2.05, 4.69) is 47.3 Å². The lowest BCUT2D eigenvalue weighted by Gasteiger charge is -2.47. The first kappa shape index (κ1) is 15.0. The van der Waals surface area contributed by atoms with Crippen molar-refractivity contribution < 1.29 is 0 Å². The minimum atomic E-state index is 0.257. The summed E-state index contributed by atoms with van der Waals surface area (Å²) in [6.45, 7) is 3.06. The van der Waals surface area contributed by atoms with E-state index in [1.807, 2.05) is 0 Å². The first-order valence-electron chi connectivity index (χ1n) is 7.41. The van der Waals surface area contributed by atoms with Crippen molar-refractivity contribution in [3.8, 4) is 0 Å². The van der Waals surface area contributed by atoms with E-state index in [4.69, 9.17) is 11.6 Å². The van der Waals surface area contributed by atoms with Crippen LogP contribution in [0.25, 0.3) is 10.2 Å². The van der Waals surface area contributed by atoms with Crippen LogP contribution in [0, 0.1) is 0 Å². The van der Waals surface area contributed by atoms with Crippen LogP contribution in [-0.2, 0) is 6.42 Å². The number of rotatable bonds is 5. The molecule has 2 heterocycles. The van der Waals surface area contributed by atoms with Crippen LogP contribution in [0.1, 0.15) is 31.1 Å². The summed E-state index contributed by atoms with van der Waals surface area (Å²) in [4.78, 5) is 13.4. The van der Waals surface area contributed by atoms with Gasteiger partial charge in [-0.2, -0.15) is 0 Å². The third kappa shape index (κ3) is 2.74. The largest absolute Gasteiger partial charge is 0.368 e. The lowest BCUT2D eigenvalue weighted by Crippen LogP contribution is -2.54. The summed E-state index contributed by atoms with van der Waals surface area (Å²) in [5.41, 5.74) is 0.257. The van der Waals surface area contributed by atoms with E-state index < -0.39 is 0 Å². The fourth-order valence-electron chi connectivity index (χ4n) is 2.87. The van der Waals surface area contributed by atoms with Crippen LogP contribution in [0.4, 0.5) is 5.82 Å². The molecule has 0 aromatic carbocycles. The highest BCUT2D eigenvalue weighted by Gasteiger charge is 2.38. The Morgan fingerprint density at radius 2 is 2.14 bits per heavy atom. The zero-order valence-electron chi connectivity index (χ0n) is 12.7. The zero-order chi connectivity index (χ0) is 15.0. The van der Waals surface area contributed by atoms with E-state index in [0.717, 1.165) is 29.0 Å². The van der Waals surface area contributed by atoms with Crippen LogP contribution in [0.15, 0.2) is 6.07 Å². The molecular weight excluding hydrogens is 304 g/mol. The monoisotopic (exact) mass is 324 g/mol.